The summed E-state index contributed by atoms with van der Waals surface area (Å²) in [6, 6.07) is 2.61. The van der Waals surface area contributed by atoms with Crippen molar-refractivity contribution < 1.29 is 22.8 Å². The molecule has 5 rings (SSSR count). The van der Waals surface area contributed by atoms with E-state index in [0.717, 1.165) is 22.7 Å². The number of H-pyrrole nitrogens is 1. The maximum atomic E-state index is 13.9. The third-order valence-electron chi connectivity index (χ3n) is 7.38. The van der Waals surface area contributed by atoms with Gasteiger partial charge in [0.15, 0.2) is 0 Å². The second-order valence-electron chi connectivity index (χ2n) is 10.7. The molecule has 45 heavy (non-hydrogen) atoms. The van der Waals surface area contributed by atoms with Crippen molar-refractivity contribution in [3.05, 3.63) is 66.9 Å². The molecule has 1 saturated heterocycles. The van der Waals surface area contributed by atoms with Crippen LogP contribution in [0.25, 0.3) is 5.78 Å². The lowest BCUT2D eigenvalue weighted by molar-refractivity contribution is -0.137. The fraction of sp³-hybridized carbons (Fsp3) is 0.407. The van der Waals surface area contributed by atoms with Gasteiger partial charge < -0.3 is 24.6 Å². The molecule has 18 heteroatoms. The normalized spacial score (nSPS) is 13.9. The van der Waals surface area contributed by atoms with E-state index < -0.39 is 34.7 Å². The van der Waals surface area contributed by atoms with Crippen LogP contribution in [0.15, 0.2) is 34.0 Å². The largest absolute Gasteiger partial charge is 0.416 e. The Bertz CT molecular complexity index is 1900. The number of nitrogens with zero attached hydrogens (tertiary/aromatic N) is 8. The number of carbonyl (C=O) groups excluding carboxylic acids is 2. The second-order valence-corrected chi connectivity index (χ2v) is 11.1. The van der Waals surface area contributed by atoms with E-state index in [-0.39, 0.29) is 66.4 Å². The number of amides is 2. The Kier molecular flexibility index (Phi) is 8.39. The number of fused-ring (bicyclic) bond motifs is 1. The lowest BCUT2D eigenvalue weighted by Gasteiger charge is -2.36. The number of hydrogen-bond donors (Lipinski definition) is 2. The van der Waals surface area contributed by atoms with Crippen LogP contribution in [0.1, 0.15) is 28.5 Å². The highest BCUT2D eigenvalue weighted by Crippen LogP contribution is 2.34. The Morgan fingerprint density at radius 3 is 2.38 bits per heavy atom. The number of aryl methyl sites for hydroxylation is 1. The van der Waals surface area contributed by atoms with Crippen molar-refractivity contribution >= 4 is 46.5 Å². The molecule has 0 atom stereocenters. The van der Waals surface area contributed by atoms with Gasteiger partial charge in [0, 0.05) is 53.5 Å². The predicted molar refractivity (Wildman–Crippen MR) is 160 cm³/mol. The van der Waals surface area contributed by atoms with Crippen LogP contribution < -0.4 is 26.2 Å². The minimum atomic E-state index is -4.60. The maximum absolute atomic E-state index is 13.9. The number of piperazine rings is 1. The number of anilines is 3. The van der Waals surface area contributed by atoms with Crippen LogP contribution in [0.5, 0.6) is 0 Å². The molecule has 240 valence electrons. The summed E-state index contributed by atoms with van der Waals surface area (Å²) in [5.41, 5.74) is -1.18. The molecule has 0 unspecified atom stereocenters. The van der Waals surface area contributed by atoms with E-state index in [2.05, 4.69) is 20.5 Å². The number of carbonyl (C=O) groups is 2. The monoisotopic (exact) mass is 650 g/mol. The first kappa shape index (κ1) is 31.6. The molecule has 3 aromatic heterocycles. The van der Waals surface area contributed by atoms with E-state index in [1.54, 1.807) is 37.9 Å². The average Bonchev–Trinajstić information content (AvgIpc) is 3.58. The van der Waals surface area contributed by atoms with E-state index in [1.807, 2.05) is 0 Å². The van der Waals surface area contributed by atoms with Crippen molar-refractivity contribution in [3.63, 3.8) is 0 Å². The van der Waals surface area contributed by atoms with Crippen LogP contribution >= 0.6 is 11.6 Å². The summed E-state index contributed by atoms with van der Waals surface area (Å²) in [6.07, 6.45) is -2.87. The van der Waals surface area contributed by atoms with Gasteiger partial charge in [0.25, 0.3) is 17.0 Å². The second kappa shape index (κ2) is 11.9. The number of halogens is 4. The van der Waals surface area contributed by atoms with Crippen LogP contribution in [-0.4, -0.2) is 85.9 Å². The lowest BCUT2D eigenvalue weighted by Crippen LogP contribution is -2.51. The molecular formula is C27H30ClF3N10O4. The van der Waals surface area contributed by atoms with Gasteiger partial charge in [0.05, 0.1) is 22.0 Å². The lowest BCUT2D eigenvalue weighted by atomic mass is 10.2. The van der Waals surface area contributed by atoms with Gasteiger partial charge in [-0.25, -0.2) is 0 Å². The summed E-state index contributed by atoms with van der Waals surface area (Å²) in [5, 5.41) is 9.11. The highest BCUT2D eigenvalue weighted by Gasteiger charge is 2.32. The molecule has 1 fully saturated rings. The Labute approximate surface area is 258 Å². The van der Waals surface area contributed by atoms with E-state index >= 15 is 0 Å². The Hall–Kier alpha value is -4.80. The maximum Gasteiger partial charge on any atom is 0.416 e. The zero-order valence-electron chi connectivity index (χ0n) is 24.8. The molecule has 0 saturated carbocycles. The number of benzene rings is 1. The molecule has 1 aliphatic rings. The number of hydrogen-bond acceptors (Lipinski definition) is 8. The number of aromatic nitrogens is 6. The third-order valence-corrected chi connectivity index (χ3v) is 7.69. The Morgan fingerprint density at radius 2 is 1.82 bits per heavy atom. The summed E-state index contributed by atoms with van der Waals surface area (Å²) in [6.45, 7) is 2.40. The summed E-state index contributed by atoms with van der Waals surface area (Å²) in [4.78, 5) is 61.7. The molecule has 1 aliphatic heterocycles. The molecule has 4 aromatic rings. The van der Waals surface area contributed by atoms with Gasteiger partial charge in [-0.3, -0.25) is 29.0 Å². The van der Waals surface area contributed by atoms with Crippen molar-refractivity contribution in [1.29, 1.82) is 0 Å². The third kappa shape index (κ3) is 6.11. The first-order valence-electron chi connectivity index (χ1n) is 13.9. The van der Waals surface area contributed by atoms with Gasteiger partial charge in [-0.2, -0.15) is 22.7 Å². The van der Waals surface area contributed by atoms with Crippen molar-refractivity contribution in [2.45, 2.75) is 26.1 Å². The molecule has 2 amide bonds. The highest BCUT2D eigenvalue weighted by molar-refractivity contribution is 6.33. The highest BCUT2D eigenvalue weighted by atomic mass is 35.5. The van der Waals surface area contributed by atoms with Crippen LogP contribution in [0.2, 0.25) is 5.02 Å². The molecule has 14 nitrogen and oxygen atoms in total. The van der Waals surface area contributed by atoms with Crippen LogP contribution in [0.4, 0.5) is 30.5 Å². The van der Waals surface area contributed by atoms with Crippen LogP contribution in [-0.2, 0) is 31.0 Å². The van der Waals surface area contributed by atoms with Gasteiger partial charge in [-0.1, -0.05) is 18.5 Å². The standard InChI is InChI=1S/C27H30ClF3N10O4/c1-5-19-21(38-8-10-39(11-9-38)23(44)16-13-37(4)34-22(16)43)24(45)41-26(33-25(35-41)36(2)3)40(19)14-20(42)32-18-7-6-15(12-17(18)28)27(29,30)31/h6-7,12-13H,5,8-11,14H2,1-4H3,(H,32,42)(H,34,43). The summed E-state index contributed by atoms with van der Waals surface area (Å²) in [5.74, 6) is -0.740. The minimum absolute atomic E-state index is 0.0153. The number of alkyl halides is 3. The fourth-order valence-electron chi connectivity index (χ4n) is 5.20. The SMILES string of the molecule is CCc1c(N2CCN(C(=O)c3cn(C)[nH]c3=O)CC2)c(=O)n2nc(N(C)C)nc2n1CC(=O)Nc1ccc(C(F)(F)F)cc1Cl. The summed E-state index contributed by atoms with van der Waals surface area (Å²) >= 11 is 6.06. The van der Waals surface area contributed by atoms with Gasteiger partial charge in [0.1, 0.15) is 17.8 Å². The fourth-order valence-corrected chi connectivity index (χ4v) is 5.42. The zero-order chi connectivity index (χ0) is 32.8. The van der Waals surface area contributed by atoms with E-state index in [9.17, 15) is 32.3 Å². The molecule has 0 bridgehead atoms. The van der Waals surface area contributed by atoms with Crippen molar-refractivity contribution in [2.75, 3.05) is 55.4 Å². The minimum Gasteiger partial charge on any atom is -0.362 e. The van der Waals surface area contributed by atoms with Crippen molar-refractivity contribution in [3.8, 4) is 0 Å². The molecular weight excluding hydrogens is 621 g/mol. The number of aromatic amines is 1. The molecule has 4 heterocycles. The first-order chi connectivity index (χ1) is 21.2. The van der Waals surface area contributed by atoms with Crippen molar-refractivity contribution in [1.82, 2.24) is 33.8 Å². The van der Waals surface area contributed by atoms with Gasteiger partial charge >= 0.3 is 6.18 Å². The van der Waals surface area contributed by atoms with Gasteiger partial charge in [0.2, 0.25) is 17.6 Å². The Balaban J connectivity index is 1.48. The first-order valence-corrected chi connectivity index (χ1v) is 14.2. The number of nitrogens with one attached hydrogen (secondary N) is 2. The number of rotatable bonds is 7. The predicted octanol–water partition coefficient (Wildman–Crippen LogP) is 1.82. The van der Waals surface area contributed by atoms with Crippen LogP contribution in [0, 0.1) is 0 Å². The van der Waals surface area contributed by atoms with E-state index in [4.69, 9.17) is 11.6 Å². The summed E-state index contributed by atoms with van der Waals surface area (Å²) in [7, 11) is 4.99. The quantitative estimate of drug-likeness (QED) is 0.308. The molecule has 1 aromatic carbocycles. The van der Waals surface area contributed by atoms with Crippen LogP contribution in [0.3, 0.4) is 0 Å². The Morgan fingerprint density at radius 1 is 1.13 bits per heavy atom. The molecule has 2 N–H and O–H groups in total. The molecule has 0 radical (unpaired) electrons. The molecule has 0 aliphatic carbocycles. The van der Waals surface area contributed by atoms with Crippen molar-refractivity contribution in [2.24, 2.45) is 7.05 Å². The van der Waals surface area contributed by atoms with Gasteiger partial charge in [-0.05, 0) is 24.6 Å². The summed E-state index contributed by atoms with van der Waals surface area (Å²) < 4.78 is 43.3. The van der Waals surface area contributed by atoms with E-state index in [1.165, 1.54) is 20.3 Å². The molecule has 0 spiro atoms. The van der Waals surface area contributed by atoms with E-state index in [0.29, 0.717) is 12.1 Å². The smallest absolute Gasteiger partial charge is 0.362 e. The zero-order valence-corrected chi connectivity index (χ0v) is 25.5. The topological polar surface area (TPSA) is 146 Å². The van der Waals surface area contributed by atoms with Gasteiger partial charge in [-0.15, -0.1) is 5.10 Å². The average molecular weight is 651 g/mol.